The highest BCUT2D eigenvalue weighted by Gasteiger charge is 2.04. The zero-order chi connectivity index (χ0) is 14.9. The van der Waals surface area contributed by atoms with Crippen LogP contribution in [0.2, 0.25) is 0 Å². The molecule has 0 saturated carbocycles. The van der Waals surface area contributed by atoms with Gasteiger partial charge >= 0.3 is 0 Å². The SMILES string of the molecule is COCCNCc1cc(Br)ccc1SCc1ccccc1. The number of halogens is 1. The molecule has 1 N–H and O–H groups in total. The molecule has 2 aromatic rings. The number of nitrogens with one attached hydrogen (secondary N) is 1. The van der Waals surface area contributed by atoms with Gasteiger partial charge in [0, 0.05) is 35.3 Å². The van der Waals surface area contributed by atoms with Crippen molar-refractivity contribution < 1.29 is 4.74 Å². The average molecular weight is 366 g/mol. The Morgan fingerprint density at radius 1 is 1.14 bits per heavy atom. The molecule has 0 saturated heterocycles. The molecule has 0 aliphatic rings. The van der Waals surface area contributed by atoms with Gasteiger partial charge in [0.2, 0.25) is 0 Å². The minimum Gasteiger partial charge on any atom is -0.383 e. The Balaban J connectivity index is 1.97. The third-order valence-electron chi connectivity index (χ3n) is 3.06. The second-order valence-corrected chi connectivity index (χ2v) is 6.63. The van der Waals surface area contributed by atoms with Crippen LogP contribution in [0.5, 0.6) is 0 Å². The molecule has 112 valence electrons. The largest absolute Gasteiger partial charge is 0.383 e. The highest BCUT2D eigenvalue weighted by Crippen LogP contribution is 2.28. The second kappa shape index (κ2) is 9.26. The zero-order valence-corrected chi connectivity index (χ0v) is 14.5. The minimum atomic E-state index is 0.737. The van der Waals surface area contributed by atoms with Crippen LogP contribution in [0.3, 0.4) is 0 Å². The van der Waals surface area contributed by atoms with Crippen LogP contribution in [0.4, 0.5) is 0 Å². The molecule has 0 unspecified atom stereocenters. The van der Waals surface area contributed by atoms with Gasteiger partial charge in [-0.25, -0.2) is 0 Å². The Bertz CT molecular complexity index is 548. The number of methoxy groups -OCH3 is 1. The molecule has 0 aliphatic carbocycles. The first-order chi connectivity index (χ1) is 10.3. The van der Waals surface area contributed by atoms with Crippen LogP contribution in [0.25, 0.3) is 0 Å². The molecule has 2 rings (SSSR count). The van der Waals surface area contributed by atoms with Crippen LogP contribution in [0.1, 0.15) is 11.1 Å². The zero-order valence-electron chi connectivity index (χ0n) is 12.1. The fourth-order valence-corrected chi connectivity index (χ4v) is 3.36. The van der Waals surface area contributed by atoms with E-state index >= 15 is 0 Å². The van der Waals surface area contributed by atoms with E-state index in [9.17, 15) is 0 Å². The maximum Gasteiger partial charge on any atom is 0.0587 e. The topological polar surface area (TPSA) is 21.3 Å². The lowest BCUT2D eigenvalue weighted by Gasteiger charge is -2.11. The molecule has 21 heavy (non-hydrogen) atoms. The molecule has 0 bridgehead atoms. The molecule has 0 heterocycles. The van der Waals surface area contributed by atoms with Crippen molar-refractivity contribution >= 4 is 27.7 Å². The van der Waals surface area contributed by atoms with Crippen LogP contribution < -0.4 is 5.32 Å². The first kappa shape index (κ1) is 16.6. The third-order valence-corrected chi connectivity index (χ3v) is 4.74. The molecule has 0 fully saturated rings. The molecule has 0 atom stereocenters. The van der Waals surface area contributed by atoms with E-state index in [1.165, 1.54) is 16.0 Å². The molecular formula is C17H20BrNOS. The fourth-order valence-electron chi connectivity index (χ4n) is 1.96. The summed E-state index contributed by atoms with van der Waals surface area (Å²) >= 11 is 5.43. The highest BCUT2D eigenvalue weighted by atomic mass is 79.9. The molecule has 2 nitrogen and oxygen atoms in total. The van der Waals surface area contributed by atoms with Crippen LogP contribution in [-0.2, 0) is 17.0 Å². The van der Waals surface area contributed by atoms with E-state index < -0.39 is 0 Å². The van der Waals surface area contributed by atoms with Gasteiger partial charge in [0.1, 0.15) is 0 Å². The summed E-state index contributed by atoms with van der Waals surface area (Å²) in [5, 5.41) is 3.41. The summed E-state index contributed by atoms with van der Waals surface area (Å²) in [6.45, 7) is 2.46. The van der Waals surface area contributed by atoms with Crippen molar-refractivity contribution in [1.82, 2.24) is 5.32 Å². The Hall–Kier alpha value is -0.810. The van der Waals surface area contributed by atoms with Crippen molar-refractivity contribution in [3.05, 3.63) is 64.1 Å². The maximum atomic E-state index is 5.06. The van der Waals surface area contributed by atoms with Gasteiger partial charge in [0.25, 0.3) is 0 Å². The smallest absolute Gasteiger partial charge is 0.0587 e. The summed E-state index contributed by atoms with van der Waals surface area (Å²) in [5.74, 6) is 0.994. The van der Waals surface area contributed by atoms with E-state index in [-0.39, 0.29) is 0 Å². The van der Waals surface area contributed by atoms with E-state index in [1.807, 2.05) is 11.8 Å². The number of rotatable bonds is 8. The van der Waals surface area contributed by atoms with E-state index in [4.69, 9.17) is 4.74 Å². The van der Waals surface area contributed by atoms with Crippen LogP contribution in [-0.4, -0.2) is 20.3 Å². The van der Waals surface area contributed by atoms with Crippen molar-refractivity contribution in [2.45, 2.75) is 17.2 Å². The molecule has 4 heteroatoms. The van der Waals surface area contributed by atoms with Crippen LogP contribution >= 0.6 is 27.7 Å². The lowest BCUT2D eigenvalue weighted by molar-refractivity contribution is 0.199. The Labute approximate surface area is 139 Å². The standard InChI is InChI=1S/C17H20BrNOS/c1-20-10-9-19-12-15-11-16(18)7-8-17(15)21-13-14-5-3-2-4-6-14/h2-8,11,19H,9-10,12-13H2,1H3. The number of hydrogen-bond acceptors (Lipinski definition) is 3. The van der Waals surface area contributed by atoms with Gasteiger partial charge in [-0.05, 0) is 29.3 Å². The molecular weight excluding hydrogens is 346 g/mol. The van der Waals surface area contributed by atoms with E-state index in [2.05, 4.69) is 69.8 Å². The monoisotopic (exact) mass is 365 g/mol. The first-order valence-electron chi connectivity index (χ1n) is 6.94. The quantitative estimate of drug-likeness (QED) is 0.550. The molecule has 0 amide bonds. The molecule has 0 aliphatic heterocycles. The predicted octanol–water partition coefficient (Wildman–Crippen LogP) is 4.48. The predicted molar refractivity (Wildman–Crippen MR) is 93.7 cm³/mol. The van der Waals surface area contributed by atoms with Gasteiger partial charge in [0.05, 0.1) is 6.61 Å². The number of ether oxygens (including phenoxy) is 1. The van der Waals surface area contributed by atoms with Crippen molar-refractivity contribution in [2.24, 2.45) is 0 Å². The molecule has 2 aromatic carbocycles. The fraction of sp³-hybridized carbons (Fsp3) is 0.294. The minimum absolute atomic E-state index is 0.737. The van der Waals surface area contributed by atoms with Crippen molar-refractivity contribution in [3.8, 4) is 0 Å². The van der Waals surface area contributed by atoms with E-state index in [0.717, 1.165) is 29.9 Å². The molecule has 0 aromatic heterocycles. The lowest BCUT2D eigenvalue weighted by atomic mass is 10.2. The molecule has 0 spiro atoms. The maximum absolute atomic E-state index is 5.06. The van der Waals surface area contributed by atoms with Gasteiger partial charge in [-0.3, -0.25) is 0 Å². The van der Waals surface area contributed by atoms with Gasteiger partial charge < -0.3 is 10.1 Å². The van der Waals surface area contributed by atoms with Crippen molar-refractivity contribution in [1.29, 1.82) is 0 Å². The van der Waals surface area contributed by atoms with Crippen molar-refractivity contribution in [3.63, 3.8) is 0 Å². The lowest BCUT2D eigenvalue weighted by Crippen LogP contribution is -2.18. The Morgan fingerprint density at radius 2 is 1.95 bits per heavy atom. The highest BCUT2D eigenvalue weighted by molar-refractivity contribution is 9.10. The first-order valence-corrected chi connectivity index (χ1v) is 8.72. The van der Waals surface area contributed by atoms with Crippen LogP contribution in [0.15, 0.2) is 57.9 Å². The van der Waals surface area contributed by atoms with Crippen LogP contribution in [0, 0.1) is 0 Å². The van der Waals surface area contributed by atoms with Gasteiger partial charge in [-0.15, -0.1) is 11.8 Å². The van der Waals surface area contributed by atoms with E-state index in [1.54, 1.807) is 7.11 Å². The Morgan fingerprint density at radius 3 is 2.71 bits per heavy atom. The number of thioether (sulfide) groups is 1. The number of hydrogen-bond donors (Lipinski definition) is 1. The summed E-state index contributed by atoms with van der Waals surface area (Å²) in [6.07, 6.45) is 0. The van der Waals surface area contributed by atoms with Gasteiger partial charge in [0.15, 0.2) is 0 Å². The summed E-state index contributed by atoms with van der Waals surface area (Å²) in [5.41, 5.74) is 2.67. The van der Waals surface area contributed by atoms with Crippen molar-refractivity contribution in [2.75, 3.05) is 20.3 Å². The summed E-state index contributed by atoms with van der Waals surface area (Å²) in [6, 6.07) is 17.0. The van der Waals surface area contributed by atoms with E-state index in [0.29, 0.717) is 0 Å². The second-order valence-electron chi connectivity index (χ2n) is 4.70. The summed E-state index contributed by atoms with van der Waals surface area (Å²) in [7, 11) is 1.72. The third kappa shape index (κ3) is 5.83. The summed E-state index contributed by atoms with van der Waals surface area (Å²) in [4.78, 5) is 1.33. The normalized spacial score (nSPS) is 10.8. The molecule has 0 radical (unpaired) electrons. The summed E-state index contributed by atoms with van der Waals surface area (Å²) < 4.78 is 6.18. The number of benzene rings is 2. The Kier molecular flexibility index (Phi) is 7.30. The van der Waals surface area contributed by atoms with Gasteiger partial charge in [-0.1, -0.05) is 46.3 Å². The van der Waals surface area contributed by atoms with Gasteiger partial charge in [-0.2, -0.15) is 0 Å². The average Bonchev–Trinajstić information content (AvgIpc) is 2.52.